The standard InChI is InChI=1S/C14H32N3.2CH3.In/c1-7-16(8-2)13(5)11-15-12-14(6)17(9-3)10-4;;;/h13-14H,7-12H2,1-6H3;2*1H3;/q-1;;;+1. The molecule has 0 aromatic carbocycles. The van der Waals surface area contributed by atoms with Crippen molar-refractivity contribution >= 4 is 21.7 Å². The summed E-state index contributed by atoms with van der Waals surface area (Å²) in [6.45, 7) is 21.1. The minimum absolute atomic E-state index is 0.688. The molecule has 0 aliphatic carbocycles. The van der Waals surface area contributed by atoms with Gasteiger partial charge in [0.05, 0.1) is 0 Å². The molecule has 0 spiro atoms. The maximum atomic E-state index is 2.85. The number of likely N-dealkylation sites (N-methyl/N-ethyl adjacent to an activating group) is 2. The van der Waals surface area contributed by atoms with Crippen LogP contribution in [0, 0.1) is 0 Å². The van der Waals surface area contributed by atoms with E-state index in [0.717, 1.165) is 0 Å². The van der Waals surface area contributed by atoms with E-state index in [1.807, 2.05) is 0 Å². The van der Waals surface area contributed by atoms with E-state index in [1.54, 1.807) is 0 Å². The van der Waals surface area contributed by atoms with Crippen LogP contribution in [0.1, 0.15) is 41.5 Å². The van der Waals surface area contributed by atoms with Crippen LogP contribution in [0.15, 0.2) is 0 Å². The zero-order valence-corrected chi connectivity index (χ0v) is 18.6. The molecule has 0 aromatic heterocycles. The molecule has 0 aromatic rings. The summed E-state index contributed by atoms with van der Waals surface area (Å²) in [4.78, 5) is 5.17. The molecule has 0 amide bonds. The molecule has 0 rings (SSSR count). The maximum absolute atomic E-state index is 2.85. The average Bonchev–Trinajstić information content (AvgIpc) is 2.40. The minimum atomic E-state index is -1.44. The van der Waals surface area contributed by atoms with E-state index in [2.05, 4.69) is 63.6 Å². The fourth-order valence-corrected chi connectivity index (χ4v) is 7.25. The summed E-state index contributed by atoms with van der Waals surface area (Å²) in [5, 5.41) is 0. The topological polar surface area (TPSA) is 9.72 Å². The summed E-state index contributed by atoms with van der Waals surface area (Å²) < 4.78 is 7.92. The van der Waals surface area contributed by atoms with Crippen LogP contribution in [0.2, 0.25) is 9.36 Å². The Bertz CT molecular complexity index is 208. The fraction of sp³-hybridized carbons (Fsp3) is 1.00. The van der Waals surface area contributed by atoms with Gasteiger partial charge in [-0.05, 0) is 0 Å². The first kappa shape index (κ1) is 20.8. The normalized spacial score (nSPS) is 15.2. The summed E-state index contributed by atoms with van der Waals surface area (Å²) in [6.07, 6.45) is 0. The molecule has 0 bridgehead atoms. The predicted molar refractivity (Wildman–Crippen MR) is 93.8 cm³/mol. The van der Waals surface area contributed by atoms with Crippen molar-refractivity contribution in [2.75, 3.05) is 39.3 Å². The average molecular weight is 387 g/mol. The Kier molecular flexibility index (Phi) is 11.8. The van der Waals surface area contributed by atoms with Crippen LogP contribution >= 0.6 is 0 Å². The second-order valence-electron chi connectivity index (χ2n) is 6.19. The molecule has 0 saturated carbocycles. The second-order valence-corrected chi connectivity index (χ2v) is 14.5. The van der Waals surface area contributed by atoms with E-state index in [4.69, 9.17) is 0 Å². The first-order valence-corrected chi connectivity index (χ1v) is 16.7. The Balaban J connectivity index is 4.57. The molecule has 0 N–H and O–H groups in total. The Hall–Kier alpha value is 0.750. The molecule has 0 aliphatic heterocycles. The van der Waals surface area contributed by atoms with E-state index in [0.29, 0.717) is 12.1 Å². The van der Waals surface area contributed by atoms with Crippen LogP contribution in [0.3, 0.4) is 0 Å². The van der Waals surface area contributed by atoms with E-state index in [-0.39, 0.29) is 0 Å². The van der Waals surface area contributed by atoms with Crippen molar-refractivity contribution in [2.24, 2.45) is 0 Å². The van der Waals surface area contributed by atoms with Gasteiger partial charge in [0.1, 0.15) is 0 Å². The Morgan fingerprint density at radius 3 is 1.20 bits per heavy atom. The molecular formula is C16H38InN3. The van der Waals surface area contributed by atoms with E-state index in [9.17, 15) is 0 Å². The molecule has 3 nitrogen and oxygen atoms in total. The van der Waals surface area contributed by atoms with Crippen LogP contribution in [-0.2, 0) is 0 Å². The first-order valence-electron chi connectivity index (χ1n) is 8.63. The van der Waals surface area contributed by atoms with Crippen molar-refractivity contribution in [1.29, 1.82) is 0 Å². The van der Waals surface area contributed by atoms with Crippen LogP contribution < -0.4 is 0 Å². The van der Waals surface area contributed by atoms with Gasteiger partial charge < -0.3 is 0 Å². The molecule has 0 aliphatic rings. The van der Waals surface area contributed by atoms with Crippen molar-refractivity contribution in [3.8, 4) is 0 Å². The Morgan fingerprint density at radius 1 is 0.700 bits per heavy atom. The molecule has 0 saturated heterocycles. The zero-order valence-electron chi connectivity index (χ0n) is 15.3. The van der Waals surface area contributed by atoms with Gasteiger partial charge in [0.15, 0.2) is 0 Å². The molecule has 20 heavy (non-hydrogen) atoms. The van der Waals surface area contributed by atoms with Gasteiger partial charge in [-0.1, -0.05) is 0 Å². The molecule has 2 unspecified atom stereocenters. The van der Waals surface area contributed by atoms with E-state index in [1.165, 1.54) is 39.3 Å². The third-order valence-corrected chi connectivity index (χ3v) is 9.97. The quantitative estimate of drug-likeness (QED) is 0.540. The summed E-state index contributed by atoms with van der Waals surface area (Å²) in [5.74, 6) is 0. The number of hydrogen-bond donors (Lipinski definition) is 0. The second kappa shape index (κ2) is 11.3. The Morgan fingerprint density at radius 2 is 1.00 bits per heavy atom. The molecule has 2 atom stereocenters. The molecule has 0 radical (unpaired) electrons. The van der Waals surface area contributed by atoms with Crippen molar-refractivity contribution in [2.45, 2.75) is 63.0 Å². The van der Waals surface area contributed by atoms with Crippen molar-refractivity contribution in [3.63, 3.8) is 0 Å². The fourth-order valence-electron chi connectivity index (χ4n) is 3.10. The van der Waals surface area contributed by atoms with Crippen LogP contribution in [-0.4, -0.2) is 85.8 Å². The predicted octanol–water partition coefficient (Wildman–Crippen LogP) is 3.00. The van der Waals surface area contributed by atoms with Crippen LogP contribution in [0.4, 0.5) is 0 Å². The van der Waals surface area contributed by atoms with Gasteiger partial charge >= 0.3 is 137 Å². The van der Waals surface area contributed by atoms with Gasteiger partial charge in [0.2, 0.25) is 0 Å². The monoisotopic (exact) mass is 387 g/mol. The molecule has 0 heterocycles. The first-order chi connectivity index (χ1) is 9.40. The third-order valence-electron chi connectivity index (χ3n) is 4.60. The van der Waals surface area contributed by atoms with Crippen LogP contribution in [0.25, 0.3) is 0 Å². The SMILES string of the molecule is CCN(CC)C(C)C[N](CC(C)N(CC)CC)[In]([CH3])[CH3]. The zero-order chi connectivity index (χ0) is 15.7. The third kappa shape index (κ3) is 7.15. The summed E-state index contributed by atoms with van der Waals surface area (Å²) in [6, 6.07) is 1.38. The Labute approximate surface area is 136 Å². The van der Waals surface area contributed by atoms with Crippen molar-refractivity contribution in [1.82, 2.24) is 12.7 Å². The van der Waals surface area contributed by atoms with Gasteiger partial charge in [-0.15, -0.1) is 0 Å². The number of rotatable bonds is 11. The van der Waals surface area contributed by atoms with E-state index >= 15 is 0 Å². The summed E-state index contributed by atoms with van der Waals surface area (Å²) >= 11 is -1.44. The van der Waals surface area contributed by atoms with Gasteiger partial charge in [0, 0.05) is 0 Å². The summed E-state index contributed by atoms with van der Waals surface area (Å²) in [5.41, 5.74) is 0. The molecule has 4 heteroatoms. The van der Waals surface area contributed by atoms with Gasteiger partial charge in [-0.25, -0.2) is 0 Å². The van der Waals surface area contributed by atoms with E-state index < -0.39 is 21.7 Å². The molecule has 120 valence electrons. The van der Waals surface area contributed by atoms with Gasteiger partial charge in [0.25, 0.3) is 0 Å². The van der Waals surface area contributed by atoms with Crippen molar-refractivity contribution < 1.29 is 0 Å². The number of hydrogen-bond acceptors (Lipinski definition) is 3. The van der Waals surface area contributed by atoms with Crippen molar-refractivity contribution in [3.05, 3.63) is 0 Å². The van der Waals surface area contributed by atoms with Gasteiger partial charge in [-0.2, -0.15) is 0 Å². The molecular weight excluding hydrogens is 349 g/mol. The number of nitrogens with zero attached hydrogens (tertiary/aromatic N) is 3. The van der Waals surface area contributed by atoms with Gasteiger partial charge in [-0.3, -0.25) is 0 Å². The summed E-state index contributed by atoms with van der Waals surface area (Å²) in [7, 11) is 0. The molecule has 0 fully saturated rings. The van der Waals surface area contributed by atoms with Crippen LogP contribution in [0.5, 0.6) is 0 Å².